The number of amides is 1. The maximum Gasteiger partial charge on any atom is 0.419 e. The maximum atomic E-state index is 14.1. The summed E-state index contributed by atoms with van der Waals surface area (Å²) in [5, 5.41) is 3.41. The Kier molecular flexibility index (Phi) is 5.67. The number of hydrogen-bond acceptors (Lipinski definition) is 5. The lowest BCUT2D eigenvalue weighted by Gasteiger charge is -2.16. The van der Waals surface area contributed by atoms with Gasteiger partial charge in [0.1, 0.15) is 17.0 Å². The van der Waals surface area contributed by atoms with Crippen LogP contribution in [-0.2, 0) is 35.4 Å². The number of hydrogen-bond donors (Lipinski definition) is 2. The minimum atomic E-state index is -5.03. The second-order valence-electron chi connectivity index (χ2n) is 9.17. The summed E-state index contributed by atoms with van der Waals surface area (Å²) in [6.45, 7) is -0.0202. The average molecular weight is 549 g/mol. The quantitative estimate of drug-likeness (QED) is 0.377. The molecule has 8 nitrogen and oxygen atoms in total. The third-order valence-corrected chi connectivity index (χ3v) is 7.25. The van der Waals surface area contributed by atoms with Crippen LogP contribution in [0.5, 0.6) is 0 Å². The van der Waals surface area contributed by atoms with Gasteiger partial charge in [0.15, 0.2) is 9.84 Å². The highest BCUT2D eigenvalue weighted by Gasteiger charge is 2.36. The van der Waals surface area contributed by atoms with E-state index in [4.69, 9.17) is 5.73 Å². The molecule has 0 bridgehead atoms. The van der Waals surface area contributed by atoms with Crippen molar-refractivity contribution in [2.45, 2.75) is 18.5 Å². The van der Waals surface area contributed by atoms with Crippen LogP contribution >= 0.6 is 0 Å². The number of nitrogens with two attached hydrogens (primary N) is 1. The van der Waals surface area contributed by atoms with Crippen molar-refractivity contribution in [3.05, 3.63) is 81.2 Å². The summed E-state index contributed by atoms with van der Waals surface area (Å²) in [6.07, 6.45) is -2.43. The first kappa shape index (κ1) is 25.5. The van der Waals surface area contributed by atoms with Gasteiger partial charge in [-0.3, -0.25) is 14.2 Å². The van der Waals surface area contributed by atoms with E-state index in [-0.39, 0.29) is 40.1 Å². The molecule has 0 spiro atoms. The van der Waals surface area contributed by atoms with Crippen LogP contribution in [-0.4, -0.2) is 29.7 Å². The second kappa shape index (κ2) is 8.45. The van der Waals surface area contributed by atoms with Crippen molar-refractivity contribution in [1.29, 1.82) is 0 Å². The summed E-state index contributed by atoms with van der Waals surface area (Å²) >= 11 is 0. The Labute approximate surface area is 213 Å². The van der Waals surface area contributed by atoms with E-state index < -0.39 is 38.9 Å². The Morgan fingerprint density at radius 3 is 2.47 bits per heavy atom. The van der Waals surface area contributed by atoms with Gasteiger partial charge in [-0.15, -0.1) is 0 Å². The summed E-state index contributed by atoms with van der Waals surface area (Å²) < 4.78 is 80.7. The van der Waals surface area contributed by atoms with Crippen LogP contribution in [0.25, 0.3) is 27.7 Å². The van der Waals surface area contributed by atoms with Gasteiger partial charge in [-0.05, 0) is 35.9 Å². The van der Waals surface area contributed by atoms with Gasteiger partial charge in [0.05, 0.1) is 11.3 Å². The van der Waals surface area contributed by atoms with Crippen molar-refractivity contribution in [3.63, 3.8) is 0 Å². The molecule has 13 heteroatoms. The number of rotatable bonds is 4. The molecule has 4 aromatic rings. The Morgan fingerprint density at radius 2 is 1.84 bits per heavy atom. The monoisotopic (exact) mass is 548 g/mol. The number of pyridine rings is 1. The molecule has 2 aromatic carbocycles. The first-order valence-electron chi connectivity index (χ1n) is 11.2. The summed E-state index contributed by atoms with van der Waals surface area (Å²) in [6, 6.07) is 7.11. The molecular weight excluding hydrogens is 528 g/mol. The fraction of sp³-hybridized carbons (Fsp3) is 0.200. The standard InChI is InChI=1S/C25H20F4N4O4S/c1-32-10-16-14-7-12(11-38(2,36)37)3-6-19(14)31-9-15-20(16)22(24(32)35)33(21(15)23(30)34)13-4-5-18(26)17(8-13)25(27,28)29/h3-8,10,31H,9,11H2,1-2H3,(H2,30,34). The van der Waals surface area contributed by atoms with Gasteiger partial charge >= 0.3 is 6.18 Å². The lowest BCUT2D eigenvalue weighted by atomic mass is 9.99. The predicted octanol–water partition coefficient (Wildman–Crippen LogP) is 3.72. The molecule has 0 saturated carbocycles. The Balaban J connectivity index is 1.92. The van der Waals surface area contributed by atoms with Crippen LogP contribution in [0.3, 0.4) is 0 Å². The molecule has 38 heavy (non-hydrogen) atoms. The fourth-order valence-electron chi connectivity index (χ4n) is 4.90. The van der Waals surface area contributed by atoms with Crippen LogP contribution < -0.4 is 16.6 Å². The number of sulfone groups is 1. The SMILES string of the molecule is Cn1cc2c3c(c(C(N)=O)n(-c4ccc(F)c(C(F)(F)F)c4)c3c1=O)CNc1ccc(CS(C)(=O)=O)cc1-2. The van der Waals surface area contributed by atoms with Crippen molar-refractivity contribution in [3.8, 4) is 16.8 Å². The zero-order valence-electron chi connectivity index (χ0n) is 20.0. The van der Waals surface area contributed by atoms with Gasteiger partial charge in [-0.25, -0.2) is 12.8 Å². The minimum absolute atomic E-state index is 0.0202. The van der Waals surface area contributed by atoms with E-state index >= 15 is 0 Å². The largest absolute Gasteiger partial charge is 0.419 e. The van der Waals surface area contributed by atoms with Crippen LogP contribution in [0.2, 0.25) is 0 Å². The van der Waals surface area contributed by atoms with Crippen molar-refractivity contribution < 1.29 is 30.8 Å². The zero-order valence-corrected chi connectivity index (χ0v) is 20.8. The highest BCUT2D eigenvalue weighted by Crippen LogP contribution is 2.42. The molecule has 0 aliphatic carbocycles. The number of fused-ring (bicyclic) bond motifs is 2. The number of alkyl halides is 3. The Hall–Kier alpha value is -4.13. The fourth-order valence-corrected chi connectivity index (χ4v) is 5.69. The summed E-state index contributed by atoms with van der Waals surface area (Å²) in [4.78, 5) is 26.1. The Bertz CT molecular complexity index is 1840. The van der Waals surface area contributed by atoms with E-state index in [2.05, 4.69) is 5.32 Å². The molecule has 2 aromatic heterocycles. The van der Waals surface area contributed by atoms with E-state index in [9.17, 15) is 35.6 Å². The number of nitrogens with zero attached hydrogens (tertiary/aromatic N) is 2. The van der Waals surface area contributed by atoms with Crippen molar-refractivity contribution in [1.82, 2.24) is 9.13 Å². The van der Waals surface area contributed by atoms with E-state index in [0.29, 0.717) is 34.5 Å². The molecule has 5 rings (SSSR count). The number of benzene rings is 2. The number of aryl methyl sites for hydroxylation is 1. The number of carbonyl (C=O) groups excluding carboxylic acids is 1. The second-order valence-corrected chi connectivity index (χ2v) is 11.3. The molecule has 0 radical (unpaired) electrons. The number of primary amides is 1. The highest BCUT2D eigenvalue weighted by molar-refractivity contribution is 7.89. The molecule has 1 aliphatic rings. The van der Waals surface area contributed by atoms with Gasteiger partial charge in [-0.2, -0.15) is 13.2 Å². The first-order chi connectivity index (χ1) is 17.7. The van der Waals surface area contributed by atoms with Gasteiger partial charge in [0.2, 0.25) is 0 Å². The molecule has 0 saturated heterocycles. The number of anilines is 1. The third kappa shape index (κ3) is 4.12. The number of carbonyl (C=O) groups is 1. The molecular formula is C25H20F4N4O4S. The van der Waals surface area contributed by atoms with Gasteiger partial charge in [0, 0.05) is 59.5 Å². The highest BCUT2D eigenvalue weighted by atomic mass is 32.2. The minimum Gasteiger partial charge on any atom is -0.380 e. The van der Waals surface area contributed by atoms with E-state index in [1.807, 2.05) is 0 Å². The average Bonchev–Trinajstić information content (AvgIpc) is 3.06. The molecule has 3 N–H and O–H groups in total. The lowest BCUT2D eigenvalue weighted by molar-refractivity contribution is -0.140. The van der Waals surface area contributed by atoms with Gasteiger partial charge in [0.25, 0.3) is 11.5 Å². The van der Waals surface area contributed by atoms with E-state index in [1.165, 1.54) is 17.8 Å². The van der Waals surface area contributed by atoms with E-state index in [0.717, 1.165) is 16.9 Å². The molecule has 0 atom stereocenters. The predicted molar refractivity (Wildman–Crippen MR) is 133 cm³/mol. The van der Waals surface area contributed by atoms with Gasteiger partial charge in [-0.1, -0.05) is 6.07 Å². The lowest BCUT2D eigenvalue weighted by Crippen LogP contribution is -2.23. The first-order valence-corrected chi connectivity index (χ1v) is 13.2. The molecule has 0 fully saturated rings. The van der Waals surface area contributed by atoms with Crippen molar-refractivity contribution in [2.75, 3.05) is 11.6 Å². The van der Waals surface area contributed by atoms with Crippen LogP contribution in [0, 0.1) is 5.82 Å². The van der Waals surface area contributed by atoms with Crippen molar-refractivity contribution >= 4 is 32.3 Å². The van der Waals surface area contributed by atoms with E-state index in [1.54, 1.807) is 18.2 Å². The summed E-state index contributed by atoms with van der Waals surface area (Å²) in [5.41, 5.74) is 5.14. The number of aromatic nitrogens is 2. The van der Waals surface area contributed by atoms with Gasteiger partial charge < -0.3 is 15.6 Å². The Morgan fingerprint density at radius 1 is 1.13 bits per heavy atom. The smallest absolute Gasteiger partial charge is 0.380 e. The molecule has 1 aliphatic heterocycles. The van der Waals surface area contributed by atoms with Crippen LogP contribution in [0.15, 0.2) is 47.4 Å². The summed E-state index contributed by atoms with van der Waals surface area (Å²) in [7, 11) is -1.94. The van der Waals surface area contributed by atoms with Crippen LogP contribution in [0.4, 0.5) is 23.2 Å². The molecule has 3 heterocycles. The van der Waals surface area contributed by atoms with Crippen LogP contribution in [0.1, 0.15) is 27.2 Å². The molecule has 1 amide bonds. The summed E-state index contributed by atoms with van der Waals surface area (Å²) in [5.74, 6) is -2.76. The maximum absolute atomic E-state index is 14.1. The van der Waals surface area contributed by atoms with Crippen molar-refractivity contribution in [2.24, 2.45) is 12.8 Å². The zero-order chi connectivity index (χ0) is 27.7. The number of nitrogens with one attached hydrogen (secondary N) is 1. The third-order valence-electron chi connectivity index (χ3n) is 6.39. The molecule has 198 valence electrons. The molecule has 0 unspecified atom stereocenters. The normalized spacial score (nSPS) is 13.2. The topological polar surface area (TPSA) is 116 Å². The number of halogens is 4.